The van der Waals surface area contributed by atoms with Gasteiger partial charge in [-0.1, -0.05) is 0 Å². The maximum Gasteiger partial charge on any atom is 0.183 e. The van der Waals surface area contributed by atoms with Crippen molar-refractivity contribution in [3.63, 3.8) is 0 Å². The molecule has 4 nitrogen and oxygen atoms in total. The third kappa shape index (κ3) is 1.53. The summed E-state index contributed by atoms with van der Waals surface area (Å²) in [5.41, 5.74) is 1.91. The maximum atomic E-state index is 12.0. The lowest BCUT2D eigenvalue weighted by atomic mass is 9.67. The average molecular weight is 284 g/mol. The molecule has 0 aromatic carbocycles. The molecule has 0 saturated carbocycles. The second-order valence-electron chi connectivity index (χ2n) is 4.89. The largest absolute Gasteiger partial charge is 0.317 e. The highest BCUT2D eigenvalue weighted by molar-refractivity contribution is 9.10. The summed E-state index contributed by atoms with van der Waals surface area (Å²) in [4.78, 5) is 12.0. The van der Waals surface area contributed by atoms with Gasteiger partial charge in [-0.2, -0.15) is 5.10 Å². The Kier molecular flexibility index (Phi) is 2.40. The van der Waals surface area contributed by atoms with Crippen LogP contribution in [0.5, 0.6) is 0 Å². The lowest BCUT2D eigenvalue weighted by Gasteiger charge is -2.39. The van der Waals surface area contributed by atoms with E-state index in [2.05, 4.69) is 31.4 Å². The minimum atomic E-state index is 0.182. The number of piperidine rings is 1. The van der Waals surface area contributed by atoms with E-state index in [1.165, 1.54) is 0 Å². The minimum absolute atomic E-state index is 0.182. The normalized spacial score (nSPS) is 23.4. The molecule has 0 unspecified atom stereocenters. The van der Waals surface area contributed by atoms with Crippen molar-refractivity contribution in [2.24, 2.45) is 5.41 Å². The Hall–Kier alpha value is -0.680. The number of aromatic amines is 1. The highest BCUT2D eigenvalue weighted by Crippen LogP contribution is 2.43. The number of hydrogen-bond acceptors (Lipinski definition) is 3. The molecule has 2 heterocycles. The highest BCUT2D eigenvalue weighted by atomic mass is 79.9. The summed E-state index contributed by atoms with van der Waals surface area (Å²) in [6.07, 6.45) is 3.83. The molecular weight excluding hydrogens is 270 g/mol. The van der Waals surface area contributed by atoms with E-state index in [1.54, 1.807) is 0 Å². The molecule has 0 atom stereocenters. The van der Waals surface area contributed by atoms with Crippen LogP contribution in [0.15, 0.2) is 4.60 Å². The van der Waals surface area contributed by atoms with Crippen LogP contribution in [0.4, 0.5) is 0 Å². The Morgan fingerprint density at radius 2 is 2.00 bits per heavy atom. The molecule has 1 fully saturated rings. The van der Waals surface area contributed by atoms with Crippen molar-refractivity contribution < 1.29 is 4.79 Å². The lowest BCUT2D eigenvalue weighted by Crippen LogP contribution is -2.42. The van der Waals surface area contributed by atoms with Crippen LogP contribution in [-0.2, 0) is 6.42 Å². The average Bonchev–Trinajstić information content (AvgIpc) is 2.62. The maximum absolute atomic E-state index is 12.0. The summed E-state index contributed by atoms with van der Waals surface area (Å²) in [6, 6.07) is 0. The van der Waals surface area contributed by atoms with Crippen molar-refractivity contribution in [1.29, 1.82) is 0 Å². The van der Waals surface area contributed by atoms with E-state index < -0.39 is 0 Å². The number of halogens is 1. The predicted octanol–water partition coefficient (Wildman–Crippen LogP) is 1.67. The van der Waals surface area contributed by atoms with E-state index >= 15 is 0 Å². The van der Waals surface area contributed by atoms with Crippen LogP contribution < -0.4 is 5.32 Å². The fourth-order valence-electron chi connectivity index (χ4n) is 2.91. The van der Waals surface area contributed by atoms with Crippen molar-refractivity contribution in [2.45, 2.75) is 25.7 Å². The highest BCUT2D eigenvalue weighted by Gasteiger charge is 2.41. The fourth-order valence-corrected chi connectivity index (χ4v) is 3.32. The molecule has 0 bridgehead atoms. The Labute approximate surface area is 102 Å². The van der Waals surface area contributed by atoms with E-state index in [4.69, 9.17) is 0 Å². The molecule has 0 amide bonds. The van der Waals surface area contributed by atoms with Gasteiger partial charge in [-0.3, -0.25) is 9.89 Å². The molecule has 1 saturated heterocycles. The van der Waals surface area contributed by atoms with Crippen molar-refractivity contribution >= 4 is 21.7 Å². The number of carbonyl (C=O) groups is 1. The number of carbonyl (C=O) groups excluding carboxylic acids is 1. The van der Waals surface area contributed by atoms with Crippen molar-refractivity contribution in [3.8, 4) is 0 Å². The summed E-state index contributed by atoms with van der Waals surface area (Å²) in [5, 5.41) is 10.3. The number of H-pyrrole nitrogens is 1. The van der Waals surface area contributed by atoms with Gasteiger partial charge in [0.1, 0.15) is 10.3 Å². The van der Waals surface area contributed by atoms with Gasteiger partial charge in [0.05, 0.1) is 0 Å². The molecule has 1 spiro atoms. The smallest absolute Gasteiger partial charge is 0.183 e. The van der Waals surface area contributed by atoms with Gasteiger partial charge in [-0.15, -0.1) is 0 Å². The molecule has 3 rings (SSSR count). The van der Waals surface area contributed by atoms with Gasteiger partial charge in [-0.25, -0.2) is 0 Å². The Morgan fingerprint density at radius 3 is 2.75 bits per heavy atom. The molecule has 1 aromatic rings. The standard InChI is InChI=1S/C11H14BrN3O/c12-10-7-5-11(1-3-13-4-2-11)6-8(16)9(7)14-15-10/h13H,1-6H2,(H,14,15). The number of Topliss-reactive ketones (excluding diaryl/α,β-unsaturated/α-hetero) is 1. The van der Waals surface area contributed by atoms with Gasteiger partial charge >= 0.3 is 0 Å². The van der Waals surface area contributed by atoms with E-state index in [0.717, 1.165) is 42.5 Å². The number of ketones is 1. The number of hydrogen-bond donors (Lipinski definition) is 2. The monoisotopic (exact) mass is 283 g/mol. The first-order valence-electron chi connectivity index (χ1n) is 5.67. The topological polar surface area (TPSA) is 57.8 Å². The first-order chi connectivity index (χ1) is 7.70. The van der Waals surface area contributed by atoms with Gasteiger partial charge in [-0.05, 0) is 53.7 Å². The molecule has 0 radical (unpaired) electrons. The zero-order valence-corrected chi connectivity index (χ0v) is 10.6. The summed E-state index contributed by atoms with van der Waals surface area (Å²) >= 11 is 3.44. The molecule has 5 heteroatoms. The second kappa shape index (κ2) is 3.67. The van der Waals surface area contributed by atoms with Crippen LogP contribution in [0.25, 0.3) is 0 Å². The number of rotatable bonds is 0. The van der Waals surface area contributed by atoms with Gasteiger partial charge < -0.3 is 5.32 Å². The Balaban J connectivity index is 1.98. The third-order valence-corrected chi connectivity index (χ3v) is 4.49. The quantitative estimate of drug-likeness (QED) is 0.762. The first kappa shape index (κ1) is 10.5. The van der Waals surface area contributed by atoms with Gasteiger partial charge in [0.15, 0.2) is 5.78 Å². The van der Waals surface area contributed by atoms with E-state index in [-0.39, 0.29) is 11.2 Å². The summed E-state index contributed by atoms with van der Waals surface area (Å²) in [5.74, 6) is 0.199. The number of nitrogens with zero attached hydrogens (tertiary/aromatic N) is 1. The van der Waals surface area contributed by atoms with E-state index in [1.807, 2.05) is 0 Å². The summed E-state index contributed by atoms with van der Waals surface area (Å²) in [6.45, 7) is 2.05. The molecule has 1 aliphatic carbocycles. The van der Waals surface area contributed by atoms with Crippen LogP contribution in [0.1, 0.15) is 35.3 Å². The van der Waals surface area contributed by atoms with Crippen molar-refractivity contribution in [3.05, 3.63) is 15.9 Å². The molecule has 2 N–H and O–H groups in total. The van der Waals surface area contributed by atoms with E-state index in [9.17, 15) is 4.79 Å². The Bertz CT molecular complexity index is 434. The zero-order valence-electron chi connectivity index (χ0n) is 8.98. The minimum Gasteiger partial charge on any atom is -0.317 e. The lowest BCUT2D eigenvalue weighted by molar-refractivity contribution is 0.0830. The third-order valence-electron chi connectivity index (χ3n) is 3.83. The number of nitrogens with one attached hydrogen (secondary N) is 2. The Morgan fingerprint density at radius 1 is 1.25 bits per heavy atom. The van der Waals surface area contributed by atoms with Crippen LogP contribution in [0.3, 0.4) is 0 Å². The predicted molar refractivity (Wildman–Crippen MR) is 63.5 cm³/mol. The van der Waals surface area contributed by atoms with Crippen LogP contribution >= 0.6 is 15.9 Å². The summed E-state index contributed by atoms with van der Waals surface area (Å²) < 4.78 is 0.883. The molecule has 16 heavy (non-hydrogen) atoms. The van der Waals surface area contributed by atoms with Gasteiger partial charge in [0.25, 0.3) is 0 Å². The SMILES string of the molecule is O=C1CC2(CCNCC2)Cc2c1n[nH]c2Br. The molecule has 1 aromatic heterocycles. The van der Waals surface area contributed by atoms with Gasteiger partial charge in [0.2, 0.25) is 0 Å². The number of aromatic nitrogens is 2. The second-order valence-corrected chi connectivity index (χ2v) is 5.68. The zero-order chi connectivity index (χ0) is 11.2. The van der Waals surface area contributed by atoms with Crippen LogP contribution in [0.2, 0.25) is 0 Å². The fraction of sp³-hybridized carbons (Fsp3) is 0.636. The van der Waals surface area contributed by atoms with E-state index in [0.29, 0.717) is 12.1 Å². The van der Waals surface area contributed by atoms with Crippen molar-refractivity contribution in [1.82, 2.24) is 15.5 Å². The molecule has 86 valence electrons. The molecule has 2 aliphatic rings. The summed E-state index contributed by atoms with van der Waals surface area (Å²) in [7, 11) is 0. The van der Waals surface area contributed by atoms with Crippen LogP contribution in [-0.4, -0.2) is 29.1 Å². The van der Waals surface area contributed by atoms with Crippen LogP contribution in [0, 0.1) is 5.41 Å². The molecular formula is C11H14BrN3O. The molecule has 1 aliphatic heterocycles. The first-order valence-corrected chi connectivity index (χ1v) is 6.46. The van der Waals surface area contributed by atoms with Crippen molar-refractivity contribution in [2.75, 3.05) is 13.1 Å². The van der Waals surface area contributed by atoms with Gasteiger partial charge in [0, 0.05) is 12.0 Å². The number of fused-ring (bicyclic) bond motifs is 1.